The lowest BCUT2D eigenvalue weighted by molar-refractivity contribution is -0.137. The van der Waals surface area contributed by atoms with Gasteiger partial charge in [-0.05, 0) is 32.9 Å². The average Bonchev–Trinajstić information content (AvgIpc) is 2.32. The van der Waals surface area contributed by atoms with Crippen molar-refractivity contribution in [1.82, 2.24) is 0 Å². The van der Waals surface area contributed by atoms with Crippen LogP contribution in [0.25, 0.3) is 0 Å². The number of alkyl halides is 3. The van der Waals surface area contributed by atoms with Gasteiger partial charge in [0, 0.05) is 5.56 Å². The van der Waals surface area contributed by atoms with E-state index in [9.17, 15) is 22.8 Å². The number of halogens is 3. The van der Waals surface area contributed by atoms with Crippen LogP contribution in [0.3, 0.4) is 0 Å². The smallest absolute Gasteiger partial charge is 0.434 e. The first-order valence-electron chi connectivity index (χ1n) is 6.19. The molecule has 0 atom stereocenters. The number of benzene rings is 1. The second-order valence-electron chi connectivity index (χ2n) is 5.38. The van der Waals surface area contributed by atoms with Crippen molar-refractivity contribution in [3.63, 3.8) is 0 Å². The molecule has 0 spiro atoms. The van der Waals surface area contributed by atoms with Gasteiger partial charge < -0.3 is 10.5 Å². The van der Waals surface area contributed by atoms with Crippen LogP contribution in [0.2, 0.25) is 0 Å². The van der Waals surface area contributed by atoms with E-state index in [1.165, 1.54) is 6.07 Å². The zero-order valence-electron chi connectivity index (χ0n) is 12.2. The molecule has 0 heterocycles. The summed E-state index contributed by atoms with van der Waals surface area (Å²) in [7, 11) is 0. The third-order valence-electron chi connectivity index (χ3n) is 2.29. The van der Waals surface area contributed by atoms with Gasteiger partial charge in [0.25, 0.3) is 5.91 Å². The van der Waals surface area contributed by atoms with Crippen molar-refractivity contribution in [1.29, 1.82) is 0 Å². The molecule has 0 saturated heterocycles. The second kappa shape index (κ2) is 6.17. The van der Waals surface area contributed by atoms with Crippen LogP contribution in [-0.4, -0.2) is 23.3 Å². The van der Waals surface area contributed by atoms with Gasteiger partial charge in [0.2, 0.25) is 0 Å². The van der Waals surface area contributed by atoms with Gasteiger partial charge in [0.05, 0.1) is 5.56 Å². The van der Waals surface area contributed by atoms with E-state index in [0.717, 1.165) is 12.1 Å². The molecule has 0 bridgehead atoms. The molecule has 5 nitrogen and oxygen atoms in total. The Kier molecular flexibility index (Phi) is 4.95. The van der Waals surface area contributed by atoms with E-state index in [2.05, 4.69) is 4.99 Å². The van der Waals surface area contributed by atoms with E-state index in [1.807, 2.05) is 0 Å². The summed E-state index contributed by atoms with van der Waals surface area (Å²) in [5, 5.41) is 0. The number of aliphatic imine (C=N–C) groups is 1. The third kappa shape index (κ3) is 5.19. The zero-order valence-corrected chi connectivity index (χ0v) is 12.2. The maximum Gasteiger partial charge on any atom is 0.434 e. The van der Waals surface area contributed by atoms with E-state index < -0.39 is 35.1 Å². The first kappa shape index (κ1) is 17.7. The van der Waals surface area contributed by atoms with Gasteiger partial charge >= 0.3 is 12.3 Å². The number of hydrogen-bond acceptors (Lipinski definition) is 3. The molecule has 1 rings (SSSR count). The number of carbonyl (C=O) groups excluding carboxylic acids is 2. The SMILES string of the molecule is CC(C)(C)OC(=O)/N=C(/C(N)=O)c1cccc(C(F)(F)F)c1. The minimum absolute atomic E-state index is 0.215. The highest BCUT2D eigenvalue weighted by Crippen LogP contribution is 2.29. The Hall–Kier alpha value is -2.38. The summed E-state index contributed by atoms with van der Waals surface area (Å²) in [6, 6.07) is 3.80. The Bertz CT molecular complexity index is 616. The first-order valence-corrected chi connectivity index (χ1v) is 6.19. The highest BCUT2D eigenvalue weighted by atomic mass is 19.4. The molecule has 0 radical (unpaired) electrons. The zero-order chi connectivity index (χ0) is 17.1. The monoisotopic (exact) mass is 316 g/mol. The standard InChI is InChI=1S/C14H15F3N2O3/c1-13(2,3)22-12(21)19-10(11(18)20)8-5-4-6-9(7-8)14(15,16)17/h4-7H,1-3H3,(H2,18,20)/b19-10+. The summed E-state index contributed by atoms with van der Waals surface area (Å²) in [5.41, 5.74) is 2.42. The number of rotatable bonds is 2. The van der Waals surface area contributed by atoms with Crippen LogP contribution in [0.4, 0.5) is 18.0 Å². The molecule has 0 aliphatic rings. The van der Waals surface area contributed by atoms with E-state index >= 15 is 0 Å². The number of amides is 2. The van der Waals surface area contributed by atoms with Gasteiger partial charge in [-0.1, -0.05) is 12.1 Å². The van der Waals surface area contributed by atoms with Crippen molar-refractivity contribution in [2.75, 3.05) is 0 Å². The Morgan fingerprint density at radius 3 is 2.23 bits per heavy atom. The minimum Gasteiger partial charge on any atom is -0.442 e. The molecular weight excluding hydrogens is 301 g/mol. The number of primary amides is 1. The number of nitrogens with two attached hydrogens (primary N) is 1. The highest BCUT2D eigenvalue weighted by molar-refractivity contribution is 6.46. The number of ether oxygens (including phenoxy) is 1. The van der Waals surface area contributed by atoms with Crippen LogP contribution in [0, 0.1) is 0 Å². The maximum absolute atomic E-state index is 12.7. The maximum atomic E-state index is 12.7. The molecule has 8 heteroatoms. The summed E-state index contributed by atoms with van der Waals surface area (Å²) < 4.78 is 42.9. The van der Waals surface area contributed by atoms with Crippen molar-refractivity contribution in [2.24, 2.45) is 10.7 Å². The molecule has 120 valence electrons. The number of carbonyl (C=O) groups is 2. The number of nitrogens with zero attached hydrogens (tertiary/aromatic N) is 1. The van der Waals surface area contributed by atoms with Gasteiger partial charge in [-0.15, -0.1) is 0 Å². The molecule has 0 fully saturated rings. The Morgan fingerprint density at radius 1 is 1.18 bits per heavy atom. The summed E-state index contributed by atoms with van der Waals surface area (Å²) in [4.78, 5) is 26.3. The Morgan fingerprint density at radius 2 is 1.77 bits per heavy atom. The van der Waals surface area contributed by atoms with Crippen molar-refractivity contribution in [3.05, 3.63) is 35.4 Å². The van der Waals surface area contributed by atoms with Crippen LogP contribution in [0.15, 0.2) is 29.3 Å². The number of hydrogen-bond donors (Lipinski definition) is 1. The van der Waals surface area contributed by atoms with Gasteiger partial charge in [0.1, 0.15) is 11.3 Å². The van der Waals surface area contributed by atoms with E-state index in [1.54, 1.807) is 20.8 Å². The van der Waals surface area contributed by atoms with Crippen molar-refractivity contribution < 1.29 is 27.5 Å². The van der Waals surface area contributed by atoms with Crippen LogP contribution >= 0.6 is 0 Å². The Balaban J connectivity index is 3.22. The summed E-state index contributed by atoms with van der Waals surface area (Å²) in [5.74, 6) is -1.13. The average molecular weight is 316 g/mol. The van der Waals surface area contributed by atoms with Gasteiger partial charge in [-0.25, -0.2) is 4.79 Å². The molecule has 0 aromatic heterocycles. The predicted molar refractivity (Wildman–Crippen MR) is 73.4 cm³/mol. The van der Waals surface area contributed by atoms with Crippen molar-refractivity contribution in [2.45, 2.75) is 32.5 Å². The molecule has 0 saturated carbocycles. The first-order chi connectivity index (χ1) is 9.90. The Labute approximate surface area is 125 Å². The third-order valence-corrected chi connectivity index (χ3v) is 2.29. The predicted octanol–water partition coefficient (Wildman–Crippen LogP) is 2.91. The molecule has 0 aliphatic heterocycles. The molecule has 2 amide bonds. The summed E-state index contributed by atoms with van der Waals surface area (Å²) >= 11 is 0. The fourth-order valence-corrected chi connectivity index (χ4v) is 1.48. The van der Waals surface area contributed by atoms with Gasteiger partial charge in [0.15, 0.2) is 0 Å². The lowest BCUT2D eigenvalue weighted by atomic mass is 10.1. The summed E-state index contributed by atoms with van der Waals surface area (Å²) in [6.07, 6.45) is -5.70. The lowest BCUT2D eigenvalue weighted by Gasteiger charge is -2.17. The topological polar surface area (TPSA) is 81.8 Å². The molecule has 0 unspecified atom stereocenters. The highest BCUT2D eigenvalue weighted by Gasteiger charge is 2.31. The van der Waals surface area contributed by atoms with Crippen LogP contribution in [0.5, 0.6) is 0 Å². The normalized spacial score (nSPS) is 12.9. The van der Waals surface area contributed by atoms with Crippen molar-refractivity contribution >= 4 is 17.7 Å². The molecular formula is C14H15F3N2O3. The second-order valence-corrected chi connectivity index (χ2v) is 5.38. The molecule has 22 heavy (non-hydrogen) atoms. The van der Waals surface area contributed by atoms with E-state index in [4.69, 9.17) is 10.5 Å². The van der Waals surface area contributed by atoms with Crippen LogP contribution < -0.4 is 5.73 Å². The van der Waals surface area contributed by atoms with E-state index in [0.29, 0.717) is 6.07 Å². The molecule has 0 aliphatic carbocycles. The van der Waals surface area contributed by atoms with Gasteiger partial charge in [-0.2, -0.15) is 18.2 Å². The van der Waals surface area contributed by atoms with Crippen LogP contribution in [0.1, 0.15) is 31.9 Å². The molecule has 1 aromatic rings. The van der Waals surface area contributed by atoms with Gasteiger partial charge in [-0.3, -0.25) is 4.79 Å². The van der Waals surface area contributed by atoms with E-state index in [-0.39, 0.29) is 5.56 Å². The quantitative estimate of drug-likeness (QED) is 0.852. The fourth-order valence-electron chi connectivity index (χ4n) is 1.48. The fraction of sp³-hybridized carbons (Fsp3) is 0.357. The lowest BCUT2D eigenvalue weighted by Crippen LogP contribution is -2.28. The summed E-state index contributed by atoms with van der Waals surface area (Å²) in [6.45, 7) is 4.73. The largest absolute Gasteiger partial charge is 0.442 e. The molecule has 2 N–H and O–H groups in total. The molecule has 1 aromatic carbocycles. The minimum atomic E-state index is -4.59. The van der Waals surface area contributed by atoms with Crippen molar-refractivity contribution in [3.8, 4) is 0 Å². The van der Waals surface area contributed by atoms with Crippen LogP contribution in [-0.2, 0) is 15.7 Å².